The van der Waals surface area contributed by atoms with Gasteiger partial charge >= 0.3 is 0 Å². The predicted molar refractivity (Wildman–Crippen MR) is 103 cm³/mol. The van der Waals surface area contributed by atoms with Crippen molar-refractivity contribution in [2.24, 2.45) is 0 Å². The van der Waals surface area contributed by atoms with Crippen molar-refractivity contribution in [3.8, 4) is 0 Å². The Morgan fingerprint density at radius 2 is 2.19 bits per heavy atom. The smallest absolute Gasteiger partial charge is 0.289 e. The number of aromatic nitrogens is 3. The molecular weight excluding hydrogens is 362 g/mol. The minimum absolute atomic E-state index is 0.00924. The molecule has 2 aromatic rings. The number of nitrogens with zero attached hydrogens (tertiary/aromatic N) is 4. The topological polar surface area (TPSA) is 80.1 Å². The van der Waals surface area contributed by atoms with Crippen molar-refractivity contribution in [2.45, 2.75) is 44.7 Å². The highest BCUT2D eigenvalue weighted by Gasteiger charge is 2.48. The van der Waals surface area contributed by atoms with E-state index in [1.165, 1.54) is 0 Å². The number of amides is 2. The molecule has 1 fully saturated rings. The van der Waals surface area contributed by atoms with Crippen LogP contribution in [0.15, 0.2) is 23.6 Å². The monoisotopic (exact) mass is 385 g/mol. The van der Waals surface area contributed by atoms with E-state index in [9.17, 15) is 9.59 Å². The molecule has 0 aliphatic carbocycles. The van der Waals surface area contributed by atoms with Gasteiger partial charge in [0.1, 0.15) is 5.82 Å². The fourth-order valence-electron chi connectivity index (χ4n) is 3.98. The van der Waals surface area contributed by atoms with Crippen LogP contribution in [0.1, 0.15) is 48.0 Å². The van der Waals surface area contributed by atoms with E-state index in [0.717, 1.165) is 30.0 Å². The summed E-state index contributed by atoms with van der Waals surface area (Å²) in [5.74, 6) is 1.01. The first-order valence-corrected chi connectivity index (χ1v) is 10.1. The van der Waals surface area contributed by atoms with Crippen molar-refractivity contribution in [3.05, 3.63) is 40.1 Å². The second-order valence-corrected chi connectivity index (χ2v) is 8.47. The second kappa shape index (κ2) is 6.92. The van der Waals surface area contributed by atoms with Crippen molar-refractivity contribution in [3.63, 3.8) is 0 Å². The van der Waals surface area contributed by atoms with Crippen LogP contribution in [-0.2, 0) is 16.8 Å². The van der Waals surface area contributed by atoms with Gasteiger partial charge in [-0.05, 0) is 44.2 Å². The van der Waals surface area contributed by atoms with Crippen LogP contribution in [-0.4, -0.2) is 50.6 Å². The van der Waals surface area contributed by atoms with Gasteiger partial charge in [-0.3, -0.25) is 14.2 Å². The van der Waals surface area contributed by atoms with Crippen LogP contribution < -0.4 is 5.32 Å². The highest BCUT2D eigenvalue weighted by molar-refractivity contribution is 7.10. The molecule has 2 amide bonds. The van der Waals surface area contributed by atoms with Crippen LogP contribution in [0.3, 0.4) is 0 Å². The van der Waals surface area contributed by atoms with Gasteiger partial charge in [-0.1, -0.05) is 6.07 Å². The van der Waals surface area contributed by atoms with E-state index in [0.29, 0.717) is 18.9 Å². The molecule has 2 aliphatic heterocycles. The molecule has 0 aromatic carbocycles. The molecule has 1 N–H and O–H groups in total. The molecule has 27 heavy (non-hydrogen) atoms. The third kappa shape index (κ3) is 3.29. The molecular formula is C19H23N5O2S. The summed E-state index contributed by atoms with van der Waals surface area (Å²) in [6.07, 6.45) is 5.99. The minimum Gasteiger partial charge on any atom is -0.347 e. The number of nitrogens with one attached hydrogen (secondary N) is 1. The van der Waals surface area contributed by atoms with Crippen LogP contribution in [0.4, 0.5) is 0 Å². The molecule has 1 spiro atoms. The van der Waals surface area contributed by atoms with Gasteiger partial charge in [0.25, 0.3) is 5.91 Å². The number of hydrogen-bond acceptors (Lipinski definition) is 5. The summed E-state index contributed by atoms with van der Waals surface area (Å²) in [5.41, 5.74) is -0.269. The van der Waals surface area contributed by atoms with Crippen LogP contribution >= 0.6 is 11.3 Å². The summed E-state index contributed by atoms with van der Waals surface area (Å²) < 4.78 is 1.99. The Labute approximate surface area is 162 Å². The summed E-state index contributed by atoms with van der Waals surface area (Å²) >= 11 is 1.61. The fourth-order valence-corrected chi connectivity index (χ4v) is 4.60. The average Bonchev–Trinajstić information content (AvgIpc) is 3.40. The maximum absolute atomic E-state index is 12.6. The van der Waals surface area contributed by atoms with Crippen LogP contribution in [0.5, 0.6) is 0 Å². The van der Waals surface area contributed by atoms with E-state index in [1.807, 2.05) is 46.9 Å². The predicted octanol–water partition coefficient (Wildman–Crippen LogP) is 2.06. The number of carbonyl (C=O) groups is 2. The van der Waals surface area contributed by atoms with Crippen molar-refractivity contribution in [1.82, 2.24) is 25.0 Å². The molecule has 1 saturated heterocycles. The number of hydrogen-bond donors (Lipinski definition) is 1. The SMILES string of the molecule is CC(C)NC(=O)c1nnc2n1C1(CC2)CCN(C(=O)/C=C/c2cccs2)C1. The standard InChI is InChI=1S/C19H23N5O2S/c1-13(2)20-18(26)17-22-21-15-7-8-19(24(15)17)9-10-23(12-19)16(25)6-5-14-4-3-11-27-14/h3-6,11,13H,7-10,12H2,1-2H3,(H,20,26)/b6-5+. The molecule has 8 heteroatoms. The minimum atomic E-state index is -0.269. The third-order valence-corrected chi connectivity index (χ3v) is 6.06. The Balaban J connectivity index is 1.53. The van der Waals surface area contributed by atoms with E-state index in [-0.39, 0.29) is 23.4 Å². The summed E-state index contributed by atoms with van der Waals surface area (Å²) in [6.45, 7) is 5.11. The largest absolute Gasteiger partial charge is 0.347 e. The molecule has 142 valence electrons. The molecule has 2 aromatic heterocycles. The molecule has 1 unspecified atom stereocenters. The van der Waals surface area contributed by atoms with Gasteiger partial charge in [0.2, 0.25) is 11.7 Å². The molecule has 0 radical (unpaired) electrons. The van der Waals surface area contributed by atoms with E-state index in [4.69, 9.17) is 0 Å². The normalized spacial score (nSPS) is 21.5. The number of likely N-dealkylation sites (tertiary alicyclic amines) is 1. The summed E-state index contributed by atoms with van der Waals surface area (Å²) in [7, 11) is 0. The van der Waals surface area contributed by atoms with E-state index < -0.39 is 0 Å². The maximum atomic E-state index is 12.6. The van der Waals surface area contributed by atoms with Gasteiger partial charge < -0.3 is 10.2 Å². The van der Waals surface area contributed by atoms with Crippen molar-refractivity contribution in [1.29, 1.82) is 0 Å². The van der Waals surface area contributed by atoms with Crippen molar-refractivity contribution in [2.75, 3.05) is 13.1 Å². The summed E-state index contributed by atoms with van der Waals surface area (Å²) in [5, 5.41) is 13.2. The van der Waals surface area contributed by atoms with Crippen molar-refractivity contribution >= 4 is 29.2 Å². The quantitative estimate of drug-likeness (QED) is 0.817. The lowest BCUT2D eigenvalue weighted by atomic mass is 9.95. The number of carbonyl (C=O) groups excluding carboxylic acids is 2. The van der Waals surface area contributed by atoms with E-state index in [1.54, 1.807) is 17.4 Å². The lowest BCUT2D eigenvalue weighted by molar-refractivity contribution is -0.125. The van der Waals surface area contributed by atoms with Crippen LogP contribution in [0, 0.1) is 0 Å². The van der Waals surface area contributed by atoms with Gasteiger partial charge in [-0.15, -0.1) is 21.5 Å². The molecule has 1 atom stereocenters. The molecule has 0 bridgehead atoms. The highest BCUT2D eigenvalue weighted by Crippen LogP contribution is 2.40. The zero-order chi connectivity index (χ0) is 19.0. The molecule has 7 nitrogen and oxygen atoms in total. The van der Waals surface area contributed by atoms with Gasteiger partial charge in [0.15, 0.2) is 0 Å². The zero-order valence-corrected chi connectivity index (χ0v) is 16.3. The second-order valence-electron chi connectivity index (χ2n) is 7.49. The summed E-state index contributed by atoms with van der Waals surface area (Å²) in [6, 6.07) is 3.99. The van der Waals surface area contributed by atoms with Gasteiger partial charge in [0.05, 0.1) is 5.54 Å². The number of aryl methyl sites for hydroxylation is 1. The Bertz CT molecular complexity index is 886. The Morgan fingerprint density at radius 1 is 1.33 bits per heavy atom. The van der Waals surface area contributed by atoms with Gasteiger partial charge in [-0.2, -0.15) is 0 Å². The maximum Gasteiger partial charge on any atom is 0.289 e. The fraction of sp³-hybridized carbons (Fsp3) is 0.474. The van der Waals surface area contributed by atoms with Crippen LogP contribution in [0.25, 0.3) is 6.08 Å². The summed E-state index contributed by atoms with van der Waals surface area (Å²) in [4.78, 5) is 28.1. The van der Waals surface area contributed by atoms with Crippen LogP contribution in [0.2, 0.25) is 0 Å². The average molecular weight is 385 g/mol. The highest BCUT2D eigenvalue weighted by atomic mass is 32.1. The lowest BCUT2D eigenvalue weighted by Crippen LogP contribution is -2.40. The lowest BCUT2D eigenvalue weighted by Gasteiger charge is -2.27. The van der Waals surface area contributed by atoms with Gasteiger partial charge in [-0.25, -0.2) is 0 Å². The van der Waals surface area contributed by atoms with E-state index in [2.05, 4.69) is 15.5 Å². The Hall–Kier alpha value is -2.48. The molecule has 4 rings (SSSR count). The third-order valence-electron chi connectivity index (χ3n) is 5.22. The van der Waals surface area contributed by atoms with E-state index >= 15 is 0 Å². The molecule has 2 aliphatic rings. The zero-order valence-electron chi connectivity index (χ0n) is 15.5. The first kappa shape index (κ1) is 17.9. The Morgan fingerprint density at radius 3 is 2.93 bits per heavy atom. The molecule has 0 saturated carbocycles. The number of rotatable bonds is 4. The first-order valence-electron chi connectivity index (χ1n) is 9.25. The number of thiophene rings is 1. The molecule has 4 heterocycles. The van der Waals surface area contributed by atoms with Gasteiger partial charge in [0, 0.05) is 36.5 Å². The first-order chi connectivity index (χ1) is 13.0. The Kier molecular flexibility index (Phi) is 4.59. The number of fused-ring (bicyclic) bond motifs is 2. The van der Waals surface area contributed by atoms with Crippen molar-refractivity contribution < 1.29 is 9.59 Å².